The Morgan fingerprint density at radius 3 is 2.37 bits per heavy atom. The summed E-state index contributed by atoms with van der Waals surface area (Å²) in [6, 6.07) is 0. The van der Waals surface area contributed by atoms with Crippen LogP contribution in [0.1, 0.15) is 65.2 Å². The van der Waals surface area contributed by atoms with Crippen molar-refractivity contribution in [1.82, 2.24) is 0 Å². The number of primary amides is 1. The number of carbonyl (C=O) groups excluding carboxylic acids is 1. The predicted molar refractivity (Wildman–Crippen MR) is 77.4 cm³/mol. The van der Waals surface area contributed by atoms with E-state index in [1.165, 1.54) is 32.1 Å². The van der Waals surface area contributed by atoms with Crippen molar-refractivity contribution in [2.45, 2.75) is 76.9 Å². The van der Waals surface area contributed by atoms with Gasteiger partial charge < -0.3 is 16.6 Å². The molecule has 0 aromatic heterocycles. The second kappa shape index (κ2) is 7.25. The van der Waals surface area contributed by atoms with E-state index in [9.17, 15) is 9.90 Å². The summed E-state index contributed by atoms with van der Waals surface area (Å²) < 4.78 is 0. The van der Waals surface area contributed by atoms with Crippen molar-refractivity contribution in [3.63, 3.8) is 0 Å². The molecule has 0 heterocycles. The zero-order valence-corrected chi connectivity index (χ0v) is 12.4. The van der Waals surface area contributed by atoms with Crippen LogP contribution < -0.4 is 11.5 Å². The van der Waals surface area contributed by atoms with Crippen LogP contribution >= 0.6 is 0 Å². The lowest BCUT2D eigenvalue weighted by Gasteiger charge is -2.41. The Morgan fingerprint density at radius 2 is 1.89 bits per heavy atom. The van der Waals surface area contributed by atoms with Crippen LogP contribution in [0.15, 0.2) is 0 Å². The van der Waals surface area contributed by atoms with Crippen molar-refractivity contribution in [3.8, 4) is 0 Å². The molecule has 1 rings (SSSR count). The first-order valence-corrected chi connectivity index (χ1v) is 7.61. The van der Waals surface area contributed by atoms with Crippen LogP contribution in [0.25, 0.3) is 0 Å². The van der Waals surface area contributed by atoms with E-state index in [2.05, 4.69) is 13.8 Å². The fourth-order valence-corrected chi connectivity index (χ4v) is 3.20. The topological polar surface area (TPSA) is 89.3 Å². The first kappa shape index (κ1) is 16.4. The Labute approximate surface area is 116 Å². The third-order valence-corrected chi connectivity index (χ3v) is 4.73. The number of amides is 1. The molecule has 1 aliphatic carbocycles. The minimum absolute atomic E-state index is 0.192. The molecule has 112 valence electrons. The van der Waals surface area contributed by atoms with Crippen molar-refractivity contribution in [2.24, 2.45) is 23.3 Å². The van der Waals surface area contributed by atoms with E-state index >= 15 is 0 Å². The molecule has 1 aliphatic rings. The maximum Gasteiger partial charge on any atom is 0.217 e. The van der Waals surface area contributed by atoms with Crippen molar-refractivity contribution < 1.29 is 9.90 Å². The summed E-state index contributed by atoms with van der Waals surface area (Å²) in [5.41, 5.74) is 11.1. The molecule has 0 aromatic rings. The van der Waals surface area contributed by atoms with E-state index in [4.69, 9.17) is 11.5 Å². The highest BCUT2D eigenvalue weighted by Gasteiger charge is 2.39. The normalized spacial score (nSPS) is 22.2. The molecule has 4 nitrogen and oxygen atoms in total. The molecule has 0 aliphatic heterocycles. The monoisotopic (exact) mass is 270 g/mol. The van der Waals surface area contributed by atoms with Crippen LogP contribution in [0.2, 0.25) is 0 Å². The van der Waals surface area contributed by atoms with Gasteiger partial charge in [0.05, 0.1) is 6.10 Å². The average molecular weight is 270 g/mol. The minimum atomic E-state index is -0.651. The van der Waals surface area contributed by atoms with Gasteiger partial charge in [-0.15, -0.1) is 0 Å². The number of hydrogen-bond acceptors (Lipinski definition) is 3. The highest BCUT2D eigenvalue weighted by atomic mass is 16.3. The van der Waals surface area contributed by atoms with Crippen LogP contribution in [-0.4, -0.2) is 22.7 Å². The number of aliphatic hydroxyl groups is 1. The molecule has 1 fully saturated rings. The highest BCUT2D eigenvalue weighted by molar-refractivity contribution is 5.73. The molecular weight excluding hydrogens is 240 g/mol. The first-order chi connectivity index (χ1) is 8.86. The number of carbonyl (C=O) groups is 1. The van der Waals surface area contributed by atoms with E-state index in [0.717, 1.165) is 6.42 Å². The van der Waals surface area contributed by atoms with Gasteiger partial charge in [-0.25, -0.2) is 0 Å². The van der Waals surface area contributed by atoms with Gasteiger partial charge in [0.25, 0.3) is 0 Å². The van der Waals surface area contributed by atoms with Gasteiger partial charge >= 0.3 is 0 Å². The van der Waals surface area contributed by atoms with Gasteiger partial charge in [-0.3, -0.25) is 4.79 Å². The van der Waals surface area contributed by atoms with Crippen molar-refractivity contribution in [2.75, 3.05) is 0 Å². The molecular formula is C15H30N2O2. The maximum atomic E-state index is 10.9. The average Bonchev–Trinajstić information content (AvgIpc) is 2.36. The van der Waals surface area contributed by atoms with E-state index in [1.807, 2.05) is 0 Å². The van der Waals surface area contributed by atoms with Crippen molar-refractivity contribution in [3.05, 3.63) is 0 Å². The summed E-state index contributed by atoms with van der Waals surface area (Å²) >= 11 is 0. The molecule has 2 atom stereocenters. The fourth-order valence-electron chi connectivity index (χ4n) is 3.20. The molecule has 0 bridgehead atoms. The smallest absolute Gasteiger partial charge is 0.217 e. The zero-order valence-electron chi connectivity index (χ0n) is 12.4. The number of nitrogens with two attached hydrogens (primary N) is 2. The van der Waals surface area contributed by atoms with E-state index < -0.39 is 11.6 Å². The molecule has 0 spiro atoms. The Balaban J connectivity index is 2.63. The van der Waals surface area contributed by atoms with Gasteiger partial charge in [-0.2, -0.15) is 0 Å². The lowest BCUT2D eigenvalue weighted by molar-refractivity contribution is -0.118. The van der Waals surface area contributed by atoms with E-state index in [1.54, 1.807) is 0 Å². The van der Waals surface area contributed by atoms with Crippen molar-refractivity contribution in [1.29, 1.82) is 0 Å². The van der Waals surface area contributed by atoms with Crippen LogP contribution in [0.3, 0.4) is 0 Å². The molecule has 0 radical (unpaired) electrons. The number of rotatable bonds is 7. The zero-order chi connectivity index (χ0) is 14.5. The van der Waals surface area contributed by atoms with E-state index in [0.29, 0.717) is 12.3 Å². The minimum Gasteiger partial charge on any atom is -0.391 e. The van der Waals surface area contributed by atoms with Crippen LogP contribution in [0.5, 0.6) is 0 Å². The Morgan fingerprint density at radius 1 is 1.32 bits per heavy atom. The molecule has 4 heteroatoms. The molecule has 1 amide bonds. The summed E-state index contributed by atoms with van der Waals surface area (Å²) in [5, 5.41) is 10.4. The summed E-state index contributed by atoms with van der Waals surface area (Å²) in [5.74, 6) is 0.435. The van der Waals surface area contributed by atoms with Crippen LogP contribution in [0, 0.1) is 11.8 Å². The van der Waals surface area contributed by atoms with Crippen molar-refractivity contribution >= 4 is 5.91 Å². The Kier molecular flexibility index (Phi) is 6.27. The largest absolute Gasteiger partial charge is 0.391 e. The number of hydrogen-bond donors (Lipinski definition) is 3. The summed E-state index contributed by atoms with van der Waals surface area (Å²) in [6.45, 7) is 4.10. The SMILES string of the molecule is CC(C)C(N)(CC1CCCCC1)C(O)CCC(N)=O. The maximum absolute atomic E-state index is 10.9. The third-order valence-electron chi connectivity index (χ3n) is 4.73. The molecule has 0 aromatic carbocycles. The fraction of sp³-hybridized carbons (Fsp3) is 0.933. The molecule has 0 saturated heterocycles. The summed E-state index contributed by atoms with van der Waals surface area (Å²) in [7, 11) is 0. The standard InChI is InChI=1S/C15H30N2O2/c1-11(2)15(17,13(18)8-9-14(16)19)10-12-6-4-3-5-7-12/h11-13,18H,3-10,17H2,1-2H3,(H2,16,19). The van der Waals surface area contributed by atoms with Gasteiger partial charge in [-0.05, 0) is 24.7 Å². The highest BCUT2D eigenvalue weighted by Crippen LogP contribution is 2.35. The summed E-state index contributed by atoms with van der Waals surface area (Å²) in [4.78, 5) is 10.9. The molecule has 2 unspecified atom stereocenters. The number of aliphatic hydroxyl groups excluding tert-OH is 1. The van der Waals surface area contributed by atoms with Crippen LogP contribution in [0.4, 0.5) is 0 Å². The van der Waals surface area contributed by atoms with Crippen LogP contribution in [-0.2, 0) is 4.79 Å². The Hall–Kier alpha value is -0.610. The van der Waals surface area contributed by atoms with Gasteiger partial charge in [0.15, 0.2) is 0 Å². The quantitative estimate of drug-likeness (QED) is 0.660. The first-order valence-electron chi connectivity index (χ1n) is 7.61. The second-order valence-corrected chi connectivity index (χ2v) is 6.50. The lowest BCUT2D eigenvalue weighted by atomic mass is 9.71. The predicted octanol–water partition coefficient (Wildman–Crippen LogP) is 1.94. The van der Waals surface area contributed by atoms with Gasteiger partial charge in [0.2, 0.25) is 5.91 Å². The molecule has 5 N–H and O–H groups in total. The second-order valence-electron chi connectivity index (χ2n) is 6.50. The van der Waals surface area contributed by atoms with Gasteiger partial charge in [0, 0.05) is 12.0 Å². The van der Waals surface area contributed by atoms with E-state index in [-0.39, 0.29) is 18.2 Å². The molecule has 19 heavy (non-hydrogen) atoms. The Bertz CT molecular complexity index is 288. The molecule has 1 saturated carbocycles. The third kappa shape index (κ3) is 4.77. The van der Waals surface area contributed by atoms with Gasteiger partial charge in [-0.1, -0.05) is 46.0 Å². The summed E-state index contributed by atoms with van der Waals surface area (Å²) in [6.07, 6.45) is 7.08. The van der Waals surface area contributed by atoms with Gasteiger partial charge in [0.1, 0.15) is 0 Å². The lowest BCUT2D eigenvalue weighted by Crippen LogP contribution is -2.56.